The van der Waals surface area contributed by atoms with Gasteiger partial charge in [-0.05, 0) is 32.9 Å². The van der Waals surface area contributed by atoms with Crippen LogP contribution in [0.4, 0.5) is 5.69 Å². The summed E-state index contributed by atoms with van der Waals surface area (Å²) in [4.78, 5) is 19.8. The van der Waals surface area contributed by atoms with Gasteiger partial charge in [0.05, 0.1) is 18.4 Å². The van der Waals surface area contributed by atoms with E-state index in [4.69, 9.17) is 0 Å². The molecule has 0 aliphatic rings. The molecular weight excluding hydrogens is 256 g/mol. The van der Waals surface area contributed by atoms with E-state index in [1.165, 1.54) is 6.33 Å². The lowest BCUT2D eigenvalue weighted by Gasteiger charge is -2.19. The molecule has 0 radical (unpaired) electrons. The van der Waals surface area contributed by atoms with E-state index in [1.807, 2.05) is 20.8 Å². The quantitative estimate of drug-likeness (QED) is 0.868. The van der Waals surface area contributed by atoms with Crippen LogP contribution >= 0.6 is 0 Å². The summed E-state index contributed by atoms with van der Waals surface area (Å²) in [7, 11) is 0. The highest BCUT2D eigenvalue weighted by atomic mass is 16.1. The van der Waals surface area contributed by atoms with Gasteiger partial charge in [0.15, 0.2) is 5.82 Å². The van der Waals surface area contributed by atoms with Crippen LogP contribution in [-0.2, 0) is 4.79 Å². The van der Waals surface area contributed by atoms with Crippen LogP contribution in [0.3, 0.4) is 0 Å². The summed E-state index contributed by atoms with van der Waals surface area (Å²) in [5.74, 6) is 0.545. The van der Waals surface area contributed by atoms with Gasteiger partial charge in [0.2, 0.25) is 5.91 Å². The van der Waals surface area contributed by atoms with E-state index in [2.05, 4.69) is 25.7 Å². The normalized spacial score (nSPS) is 11.3. The summed E-state index contributed by atoms with van der Waals surface area (Å²) < 4.78 is 1.55. The van der Waals surface area contributed by atoms with Crippen molar-refractivity contribution >= 4 is 11.6 Å². The SMILES string of the molecule is CC(C)(C)NCC(=O)Nc1ccc(-n2cncn2)nc1. The molecule has 7 heteroatoms. The van der Waals surface area contributed by atoms with Crippen LogP contribution in [-0.4, -0.2) is 37.7 Å². The van der Waals surface area contributed by atoms with Crippen molar-refractivity contribution in [2.45, 2.75) is 26.3 Å². The molecule has 106 valence electrons. The Labute approximate surface area is 117 Å². The molecule has 7 nitrogen and oxygen atoms in total. The molecule has 0 bridgehead atoms. The maximum atomic E-state index is 11.7. The van der Waals surface area contributed by atoms with Crippen molar-refractivity contribution in [3.63, 3.8) is 0 Å². The van der Waals surface area contributed by atoms with Crippen molar-refractivity contribution in [1.82, 2.24) is 25.1 Å². The van der Waals surface area contributed by atoms with E-state index in [-0.39, 0.29) is 18.0 Å². The van der Waals surface area contributed by atoms with E-state index in [1.54, 1.807) is 29.3 Å². The van der Waals surface area contributed by atoms with Gasteiger partial charge in [-0.15, -0.1) is 0 Å². The third-order valence-corrected chi connectivity index (χ3v) is 2.46. The van der Waals surface area contributed by atoms with Gasteiger partial charge in [-0.25, -0.2) is 14.6 Å². The Morgan fingerprint density at radius 2 is 2.15 bits per heavy atom. The van der Waals surface area contributed by atoms with Crippen molar-refractivity contribution < 1.29 is 4.79 Å². The van der Waals surface area contributed by atoms with Crippen molar-refractivity contribution in [3.05, 3.63) is 31.0 Å². The van der Waals surface area contributed by atoms with Crippen molar-refractivity contribution in [3.8, 4) is 5.82 Å². The lowest BCUT2D eigenvalue weighted by Crippen LogP contribution is -2.41. The van der Waals surface area contributed by atoms with Crippen LogP contribution in [0.1, 0.15) is 20.8 Å². The summed E-state index contributed by atoms with van der Waals surface area (Å²) in [5, 5.41) is 9.88. The molecular formula is C13H18N6O. The molecule has 2 heterocycles. The fourth-order valence-electron chi connectivity index (χ4n) is 1.47. The highest BCUT2D eigenvalue weighted by Gasteiger charge is 2.11. The van der Waals surface area contributed by atoms with Gasteiger partial charge in [-0.2, -0.15) is 5.10 Å². The summed E-state index contributed by atoms with van der Waals surface area (Å²) in [6, 6.07) is 3.54. The van der Waals surface area contributed by atoms with Crippen LogP contribution in [0, 0.1) is 0 Å². The smallest absolute Gasteiger partial charge is 0.238 e. The molecule has 0 aliphatic heterocycles. The van der Waals surface area contributed by atoms with Gasteiger partial charge < -0.3 is 10.6 Å². The molecule has 2 aromatic rings. The second-order valence-corrected chi connectivity index (χ2v) is 5.40. The number of aromatic nitrogens is 4. The second kappa shape index (κ2) is 5.79. The standard InChI is InChI=1S/C13H18N6O/c1-13(2,3)16-7-12(20)18-10-4-5-11(15-6-10)19-9-14-8-17-19/h4-6,8-9,16H,7H2,1-3H3,(H,18,20). The van der Waals surface area contributed by atoms with E-state index in [0.29, 0.717) is 11.5 Å². The first-order valence-electron chi connectivity index (χ1n) is 6.30. The number of carbonyl (C=O) groups excluding carboxylic acids is 1. The number of nitrogens with zero attached hydrogens (tertiary/aromatic N) is 4. The Balaban J connectivity index is 1.92. The van der Waals surface area contributed by atoms with Crippen LogP contribution in [0.2, 0.25) is 0 Å². The predicted octanol–water partition coefficient (Wildman–Crippen LogP) is 0.989. The zero-order valence-corrected chi connectivity index (χ0v) is 11.8. The first-order chi connectivity index (χ1) is 9.44. The zero-order valence-electron chi connectivity index (χ0n) is 11.8. The van der Waals surface area contributed by atoms with Crippen LogP contribution in [0.5, 0.6) is 0 Å². The van der Waals surface area contributed by atoms with Crippen molar-refractivity contribution in [1.29, 1.82) is 0 Å². The largest absolute Gasteiger partial charge is 0.324 e. The maximum absolute atomic E-state index is 11.7. The molecule has 0 aliphatic carbocycles. The number of anilines is 1. The number of hydrogen-bond donors (Lipinski definition) is 2. The topological polar surface area (TPSA) is 84.7 Å². The first kappa shape index (κ1) is 14.1. The summed E-state index contributed by atoms with van der Waals surface area (Å²) >= 11 is 0. The first-order valence-corrected chi connectivity index (χ1v) is 6.30. The zero-order chi connectivity index (χ0) is 14.6. The molecule has 1 amide bonds. The summed E-state index contributed by atoms with van der Waals surface area (Å²) in [6.45, 7) is 6.28. The van der Waals surface area contributed by atoms with E-state index in [0.717, 1.165) is 0 Å². The highest BCUT2D eigenvalue weighted by molar-refractivity contribution is 5.92. The minimum absolute atomic E-state index is 0.0907. The third-order valence-electron chi connectivity index (χ3n) is 2.46. The number of carbonyl (C=O) groups is 1. The lowest BCUT2D eigenvalue weighted by molar-refractivity contribution is -0.115. The Morgan fingerprint density at radius 1 is 1.35 bits per heavy atom. The van der Waals surface area contributed by atoms with Crippen LogP contribution < -0.4 is 10.6 Å². The number of nitrogens with one attached hydrogen (secondary N) is 2. The van der Waals surface area contributed by atoms with Crippen LogP contribution in [0.25, 0.3) is 5.82 Å². The van der Waals surface area contributed by atoms with Gasteiger partial charge in [0.1, 0.15) is 12.7 Å². The Morgan fingerprint density at radius 3 is 2.70 bits per heavy atom. The molecule has 0 saturated carbocycles. The predicted molar refractivity (Wildman–Crippen MR) is 75.5 cm³/mol. The minimum atomic E-state index is -0.102. The molecule has 0 aromatic carbocycles. The van der Waals surface area contributed by atoms with E-state index >= 15 is 0 Å². The third kappa shape index (κ3) is 4.13. The average Bonchev–Trinajstić information content (AvgIpc) is 2.90. The van der Waals surface area contributed by atoms with Gasteiger partial charge in [0, 0.05) is 5.54 Å². The van der Waals surface area contributed by atoms with Crippen LogP contribution in [0.15, 0.2) is 31.0 Å². The van der Waals surface area contributed by atoms with Crippen molar-refractivity contribution in [2.75, 3.05) is 11.9 Å². The number of pyridine rings is 1. The Hall–Kier alpha value is -2.28. The fraction of sp³-hybridized carbons (Fsp3) is 0.385. The molecule has 0 atom stereocenters. The molecule has 2 N–H and O–H groups in total. The Bertz CT molecular complexity index is 556. The lowest BCUT2D eigenvalue weighted by atomic mass is 10.1. The molecule has 2 aromatic heterocycles. The Kier molecular flexibility index (Phi) is 4.09. The van der Waals surface area contributed by atoms with E-state index < -0.39 is 0 Å². The molecule has 0 unspecified atom stereocenters. The van der Waals surface area contributed by atoms with Crippen molar-refractivity contribution in [2.24, 2.45) is 0 Å². The molecule has 20 heavy (non-hydrogen) atoms. The monoisotopic (exact) mass is 274 g/mol. The summed E-state index contributed by atoms with van der Waals surface area (Å²) in [5.41, 5.74) is 0.557. The molecule has 0 fully saturated rings. The number of rotatable bonds is 4. The van der Waals surface area contributed by atoms with E-state index in [9.17, 15) is 4.79 Å². The molecule has 2 rings (SSSR count). The van der Waals surface area contributed by atoms with Gasteiger partial charge in [0.25, 0.3) is 0 Å². The fourth-order valence-corrected chi connectivity index (χ4v) is 1.47. The van der Waals surface area contributed by atoms with Gasteiger partial charge >= 0.3 is 0 Å². The second-order valence-electron chi connectivity index (χ2n) is 5.40. The molecule has 0 saturated heterocycles. The minimum Gasteiger partial charge on any atom is -0.324 e. The average molecular weight is 274 g/mol. The molecule has 0 spiro atoms. The maximum Gasteiger partial charge on any atom is 0.238 e. The number of amides is 1. The van der Waals surface area contributed by atoms with Gasteiger partial charge in [-0.1, -0.05) is 0 Å². The highest BCUT2D eigenvalue weighted by Crippen LogP contribution is 2.08. The summed E-state index contributed by atoms with van der Waals surface area (Å²) in [6.07, 6.45) is 4.59. The number of hydrogen-bond acceptors (Lipinski definition) is 5. The van der Waals surface area contributed by atoms with Gasteiger partial charge in [-0.3, -0.25) is 4.79 Å².